The third kappa shape index (κ3) is 2.11. The summed E-state index contributed by atoms with van der Waals surface area (Å²) in [5, 5.41) is 1.02. The predicted octanol–water partition coefficient (Wildman–Crippen LogP) is 3.33. The van der Waals surface area contributed by atoms with E-state index in [1.807, 2.05) is 30.3 Å². The SMILES string of the molecule is CN1C(=O)N(Cc2cccc3cccnc23)C(=O)C12CCCCC2. The van der Waals surface area contributed by atoms with Gasteiger partial charge in [0.05, 0.1) is 12.1 Å². The van der Waals surface area contributed by atoms with Crippen LogP contribution in [0.1, 0.15) is 37.7 Å². The highest BCUT2D eigenvalue weighted by Crippen LogP contribution is 2.40. The van der Waals surface area contributed by atoms with Gasteiger partial charge in [-0.25, -0.2) is 4.79 Å². The molecule has 124 valence electrons. The number of imide groups is 1. The first-order chi connectivity index (χ1) is 11.6. The van der Waals surface area contributed by atoms with Gasteiger partial charge in [-0.3, -0.25) is 14.7 Å². The number of aromatic nitrogens is 1. The second-order valence-electron chi connectivity index (χ2n) is 6.82. The fraction of sp³-hybridized carbons (Fsp3) is 0.421. The van der Waals surface area contributed by atoms with Crippen molar-refractivity contribution in [1.29, 1.82) is 0 Å². The average molecular weight is 323 g/mol. The van der Waals surface area contributed by atoms with Crippen LogP contribution in [-0.4, -0.2) is 39.3 Å². The molecule has 0 bridgehead atoms. The van der Waals surface area contributed by atoms with E-state index in [2.05, 4.69) is 4.98 Å². The van der Waals surface area contributed by atoms with Crippen LogP contribution >= 0.6 is 0 Å². The van der Waals surface area contributed by atoms with E-state index in [0.717, 1.165) is 48.6 Å². The van der Waals surface area contributed by atoms with Crippen LogP contribution in [0.3, 0.4) is 0 Å². The van der Waals surface area contributed by atoms with Crippen molar-refractivity contribution < 1.29 is 9.59 Å². The van der Waals surface area contributed by atoms with Crippen LogP contribution in [0.2, 0.25) is 0 Å². The lowest BCUT2D eigenvalue weighted by Crippen LogP contribution is -2.49. The van der Waals surface area contributed by atoms with Crippen LogP contribution in [0.25, 0.3) is 10.9 Å². The minimum absolute atomic E-state index is 0.0392. The number of para-hydroxylation sites is 1. The number of hydrogen-bond acceptors (Lipinski definition) is 3. The number of pyridine rings is 1. The quantitative estimate of drug-likeness (QED) is 0.797. The Morgan fingerprint density at radius 2 is 1.83 bits per heavy atom. The smallest absolute Gasteiger partial charge is 0.313 e. The van der Waals surface area contributed by atoms with E-state index < -0.39 is 5.54 Å². The van der Waals surface area contributed by atoms with Gasteiger partial charge in [0.1, 0.15) is 5.54 Å². The Morgan fingerprint density at radius 1 is 1.08 bits per heavy atom. The summed E-state index contributed by atoms with van der Waals surface area (Å²) >= 11 is 0. The van der Waals surface area contributed by atoms with Crippen molar-refractivity contribution in [2.75, 3.05) is 7.05 Å². The maximum Gasteiger partial charge on any atom is 0.327 e. The molecule has 1 aromatic heterocycles. The minimum Gasteiger partial charge on any atom is -0.313 e. The maximum absolute atomic E-state index is 13.1. The molecule has 1 aromatic carbocycles. The molecule has 24 heavy (non-hydrogen) atoms. The Kier molecular flexibility index (Phi) is 3.52. The molecule has 5 heteroatoms. The van der Waals surface area contributed by atoms with Crippen LogP contribution in [0.15, 0.2) is 36.5 Å². The number of amides is 3. The Bertz CT molecular complexity index is 806. The van der Waals surface area contributed by atoms with Crippen LogP contribution in [0.5, 0.6) is 0 Å². The maximum atomic E-state index is 13.1. The molecule has 3 amide bonds. The normalized spacial score (nSPS) is 20.4. The molecule has 1 saturated carbocycles. The lowest BCUT2D eigenvalue weighted by molar-refractivity contribution is -0.134. The number of likely N-dealkylation sites (N-methyl/N-ethyl adjacent to an activating group) is 1. The molecule has 1 spiro atoms. The monoisotopic (exact) mass is 323 g/mol. The highest BCUT2D eigenvalue weighted by Gasteiger charge is 2.55. The molecule has 2 heterocycles. The largest absolute Gasteiger partial charge is 0.327 e. The summed E-state index contributed by atoms with van der Waals surface area (Å²) in [5.74, 6) is -0.0392. The highest BCUT2D eigenvalue weighted by molar-refractivity contribution is 6.07. The van der Waals surface area contributed by atoms with Crippen molar-refractivity contribution in [3.05, 3.63) is 42.1 Å². The predicted molar refractivity (Wildman–Crippen MR) is 91.3 cm³/mol. The molecular weight excluding hydrogens is 302 g/mol. The van der Waals surface area contributed by atoms with Gasteiger partial charge in [0.2, 0.25) is 0 Å². The molecule has 0 unspecified atom stereocenters. The zero-order chi connectivity index (χ0) is 16.7. The molecule has 1 aliphatic carbocycles. The number of nitrogens with zero attached hydrogens (tertiary/aromatic N) is 3. The van der Waals surface area contributed by atoms with Crippen molar-refractivity contribution in [1.82, 2.24) is 14.8 Å². The second kappa shape index (κ2) is 5.58. The van der Waals surface area contributed by atoms with Gasteiger partial charge >= 0.3 is 6.03 Å². The molecule has 0 N–H and O–H groups in total. The van der Waals surface area contributed by atoms with Gasteiger partial charge < -0.3 is 4.90 Å². The molecule has 1 saturated heterocycles. The Hall–Kier alpha value is -2.43. The molecule has 2 aliphatic rings. The number of carbonyl (C=O) groups is 2. The second-order valence-corrected chi connectivity index (χ2v) is 6.82. The molecule has 5 nitrogen and oxygen atoms in total. The van der Waals surface area contributed by atoms with Crippen LogP contribution in [-0.2, 0) is 11.3 Å². The molecule has 0 atom stereocenters. The highest BCUT2D eigenvalue weighted by atomic mass is 16.2. The molecule has 2 fully saturated rings. The van der Waals surface area contributed by atoms with Crippen molar-refractivity contribution in [3.63, 3.8) is 0 Å². The van der Waals surface area contributed by atoms with Crippen molar-refractivity contribution >= 4 is 22.8 Å². The summed E-state index contributed by atoms with van der Waals surface area (Å²) < 4.78 is 0. The third-order valence-electron chi connectivity index (χ3n) is 5.53. The molecular formula is C19H21N3O2. The molecule has 0 radical (unpaired) electrons. The Labute approximate surface area is 141 Å². The summed E-state index contributed by atoms with van der Waals surface area (Å²) in [6.07, 6.45) is 6.45. The zero-order valence-corrected chi connectivity index (χ0v) is 13.9. The fourth-order valence-electron chi connectivity index (χ4n) is 4.14. The number of hydrogen-bond donors (Lipinski definition) is 0. The molecule has 1 aliphatic heterocycles. The lowest BCUT2D eigenvalue weighted by atomic mass is 9.80. The van der Waals surface area contributed by atoms with Gasteiger partial charge in [0.25, 0.3) is 5.91 Å². The zero-order valence-electron chi connectivity index (χ0n) is 13.9. The standard InChI is InChI=1S/C19H21N3O2/c1-21-18(24)22(17(23)19(21)10-3-2-4-11-19)13-15-8-5-7-14-9-6-12-20-16(14)15/h5-9,12H,2-4,10-11,13H2,1H3. The van der Waals surface area contributed by atoms with Gasteiger partial charge in [-0.1, -0.05) is 43.5 Å². The van der Waals surface area contributed by atoms with Gasteiger partial charge in [-0.2, -0.15) is 0 Å². The van der Waals surface area contributed by atoms with E-state index in [1.54, 1.807) is 18.1 Å². The number of carbonyl (C=O) groups excluding carboxylic acids is 2. The van der Waals surface area contributed by atoms with E-state index in [4.69, 9.17) is 0 Å². The average Bonchev–Trinajstić information content (AvgIpc) is 2.79. The van der Waals surface area contributed by atoms with Gasteiger partial charge in [-0.05, 0) is 24.5 Å². The Balaban J connectivity index is 1.69. The van der Waals surface area contributed by atoms with E-state index in [0.29, 0.717) is 0 Å². The molecule has 2 aromatic rings. The number of fused-ring (bicyclic) bond motifs is 1. The number of urea groups is 1. The fourth-order valence-corrected chi connectivity index (χ4v) is 4.14. The van der Waals surface area contributed by atoms with E-state index >= 15 is 0 Å². The van der Waals surface area contributed by atoms with E-state index in [-0.39, 0.29) is 18.5 Å². The Morgan fingerprint density at radius 3 is 2.62 bits per heavy atom. The van der Waals surface area contributed by atoms with Crippen molar-refractivity contribution in [2.24, 2.45) is 0 Å². The van der Waals surface area contributed by atoms with E-state index in [9.17, 15) is 9.59 Å². The summed E-state index contributed by atoms with van der Waals surface area (Å²) in [7, 11) is 1.77. The lowest BCUT2D eigenvalue weighted by Gasteiger charge is -2.35. The summed E-state index contributed by atoms with van der Waals surface area (Å²) in [4.78, 5) is 33.3. The minimum atomic E-state index is -0.618. The van der Waals surface area contributed by atoms with Crippen molar-refractivity contribution in [3.8, 4) is 0 Å². The van der Waals surface area contributed by atoms with Crippen LogP contribution < -0.4 is 0 Å². The number of benzene rings is 1. The summed E-state index contributed by atoms with van der Waals surface area (Å²) in [5.41, 5.74) is 1.15. The first-order valence-corrected chi connectivity index (χ1v) is 8.56. The summed E-state index contributed by atoms with van der Waals surface area (Å²) in [6.45, 7) is 0.290. The topological polar surface area (TPSA) is 53.5 Å². The van der Waals surface area contributed by atoms with E-state index in [1.165, 1.54) is 4.90 Å². The molecule has 4 rings (SSSR count). The van der Waals surface area contributed by atoms with Gasteiger partial charge in [0.15, 0.2) is 0 Å². The first kappa shape index (κ1) is 15.1. The number of rotatable bonds is 2. The van der Waals surface area contributed by atoms with Gasteiger partial charge in [0, 0.05) is 18.6 Å². The van der Waals surface area contributed by atoms with Crippen LogP contribution in [0.4, 0.5) is 4.79 Å². The van der Waals surface area contributed by atoms with Crippen LogP contribution in [0, 0.1) is 0 Å². The third-order valence-corrected chi connectivity index (χ3v) is 5.53. The summed E-state index contributed by atoms with van der Waals surface area (Å²) in [6, 6.07) is 9.59. The van der Waals surface area contributed by atoms with Crippen molar-refractivity contribution in [2.45, 2.75) is 44.2 Å². The first-order valence-electron chi connectivity index (χ1n) is 8.56. The van der Waals surface area contributed by atoms with Gasteiger partial charge in [-0.15, -0.1) is 0 Å².